The lowest BCUT2D eigenvalue weighted by molar-refractivity contribution is 0.306. The monoisotopic (exact) mass is 448 g/mol. The standard InChI is InChI=1S/C23H21BrN4O/c1-15(2)21-10-9-20-22(25-14-26-23(20)28-21)27-18-7-4-8-19(12-18)29-13-16-5-3-6-17(24)11-16/h3-12,14-15H,13H2,1-2H3,(H,25,26,27,28). The third-order valence-electron chi connectivity index (χ3n) is 4.50. The molecular formula is C23H21BrN4O. The van der Waals surface area contributed by atoms with Gasteiger partial charge in [0, 0.05) is 21.9 Å². The second-order valence-corrected chi connectivity index (χ2v) is 7.97. The Balaban J connectivity index is 1.53. The van der Waals surface area contributed by atoms with Crippen LogP contribution in [0.15, 0.2) is 71.5 Å². The minimum Gasteiger partial charge on any atom is -0.489 e. The minimum atomic E-state index is 0.352. The number of benzene rings is 2. The lowest BCUT2D eigenvalue weighted by Crippen LogP contribution is -2.00. The molecule has 0 saturated heterocycles. The van der Waals surface area contributed by atoms with Gasteiger partial charge in [-0.25, -0.2) is 15.0 Å². The van der Waals surface area contributed by atoms with Crippen LogP contribution in [0.2, 0.25) is 0 Å². The van der Waals surface area contributed by atoms with E-state index < -0.39 is 0 Å². The summed E-state index contributed by atoms with van der Waals surface area (Å²) in [5.74, 6) is 1.86. The lowest BCUT2D eigenvalue weighted by atomic mass is 10.1. The van der Waals surface area contributed by atoms with Crippen molar-refractivity contribution in [3.05, 3.63) is 82.7 Å². The van der Waals surface area contributed by atoms with Gasteiger partial charge in [-0.2, -0.15) is 0 Å². The minimum absolute atomic E-state index is 0.352. The smallest absolute Gasteiger partial charge is 0.164 e. The molecule has 0 amide bonds. The van der Waals surface area contributed by atoms with Crippen molar-refractivity contribution in [1.82, 2.24) is 15.0 Å². The molecule has 0 atom stereocenters. The van der Waals surface area contributed by atoms with E-state index in [0.29, 0.717) is 18.2 Å². The van der Waals surface area contributed by atoms with Gasteiger partial charge in [0.25, 0.3) is 0 Å². The summed E-state index contributed by atoms with van der Waals surface area (Å²) in [4.78, 5) is 13.4. The van der Waals surface area contributed by atoms with Crippen LogP contribution in [0.25, 0.3) is 11.0 Å². The van der Waals surface area contributed by atoms with E-state index in [2.05, 4.69) is 50.0 Å². The van der Waals surface area contributed by atoms with Gasteiger partial charge in [-0.3, -0.25) is 0 Å². The highest BCUT2D eigenvalue weighted by Crippen LogP contribution is 2.26. The fraction of sp³-hybridized carbons (Fsp3) is 0.174. The van der Waals surface area contributed by atoms with E-state index in [9.17, 15) is 0 Å². The summed E-state index contributed by atoms with van der Waals surface area (Å²) in [6, 6.07) is 20.0. The summed E-state index contributed by atoms with van der Waals surface area (Å²) >= 11 is 3.49. The zero-order valence-electron chi connectivity index (χ0n) is 16.3. The summed E-state index contributed by atoms with van der Waals surface area (Å²) in [5.41, 5.74) is 3.71. The van der Waals surface area contributed by atoms with Gasteiger partial charge in [0.15, 0.2) is 5.65 Å². The summed E-state index contributed by atoms with van der Waals surface area (Å²) in [6.07, 6.45) is 1.54. The molecular weight excluding hydrogens is 428 g/mol. The van der Waals surface area contributed by atoms with Crippen LogP contribution in [-0.2, 0) is 6.61 Å². The van der Waals surface area contributed by atoms with Crippen LogP contribution in [-0.4, -0.2) is 15.0 Å². The van der Waals surface area contributed by atoms with Crippen LogP contribution in [0.4, 0.5) is 11.5 Å². The van der Waals surface area contributed by atoms with Crippen molar-refractivity contribution in [3.63, 3.8) is 0 Å². The van der Waals surface area contributed by atoms with Crippen LogP contribution in [0, 0.1) is 0 Å². The maximum absolute atomic E-state index is 5.95. The average Bonchev–Trinajstić information content (AvgIpc) is 2.72. The number of halogens is 1. The molecule has 0 saturated carbocycles. The van der Waals surface area contributed by atoms with Gasteiger partial charge >= 0.3 is 0 Å². The molecule has 0 aliphatic rings. The highest BCUT2D eigenvalue weighted by atomic mass is 79.9. The predicted molar refractivity (Wildman–Crippen MR) is 120 cm³/mol. The number of hydrogen-bond donors (Lipinski definition) is 1. The molecule has 1 N–H and O–H groups in total. The van der Waals surface area contributed by atoms with E-state index in [0.717, 1.165) is 38.4 Å². The molecule has 0 radical (unpaired) electrons. The van der Waals surface area contributed by atoms with Crippen molar-refractivity contribution in [2.45, 2.75) is 26.4 Å². The number of pyridine rings is 1. The Labute approximate surface area is 178 Å². The number of anilines is 2. The molecule has 0 aliphatic heterocycles. The zero-order valence-corrected chi connectivity index (χ0v) is 17.8. The topological polar surface area (TPSA) is 59.9 Å². The Morgan fingerprint density at radius 3 is 2.69 bits per heavy atom. The second-order valence-electron chi connectivity index (χ2n) is 7.06. The zero-order chi connectivity index (χ0) is 20.2. The van der Waals surface area contributed by atoms with Crippen LogP contribution >= 0.6 is 15.9 Å². The molecule has 29 heavy (non-hydrogen) atoms. The van der Waals surface area contributed by atoms with Gasteiger partial charge < -0.3 is 10.1 Å². The first-order chi connectivity index (χ1) is 14.1. The molecule has 2 aromatic carbocycles. The normalized spacial score (nSPS) is 11.0. The fourth-order valence-corrected chi connectivity index (χ4v) is 3.42. The van der Waals surface area contributed by atoms with Crippen molar-refractivity contribution >= 4 is 38.5 Å². The second kappa shape index (κ2) is 8.57. The van der Waals surface area contributed by atoms with E-state index in [4.69, 9.17) is 4.74 Å². The maximum atomic E-state index is 5.95. The van der Waals surface area contributed by atoms with E-state index in [1.807, 2.05) is 60.7 Å². The average molecular weight is 449 g/mol. The van der Waals surface area contributed by atoms with E-state index >= 15 is 0 Å². The molecule has 146 valence electrons. The van der Waals surface area contributed by atoms with Gasteiger partial charge in [0.05, 0.1) is 5.39 Å². The van der Waals surface area contributed by atoms with Crippen molar-refractivity contribution in [2.24, 2.45) is 0 Å². The molecule has 4 aromatic rings. The predicted octanol–water partition coefficient (Wildman–Crippen LogP) is 6.23. The van der Waals surface area contributed by atoms with Crippen LogP contribution in [0.3, 0.4) is 0 Å². The molecule has 0 bridgehead atoms. The maximum Gasteiger partial charge on any atom is 0.164 e. The molecule has 2 heterocycles. The number of aromatic nitrogens is 3. The summed E-state index contributed by atoms with van der Waals surface area (Å²) in [6.45, 7) is 4.74. The summed E-state index contributed by atoms with van der Waals surface area (Å²) in [7, 11) is 0. The van der Waals surface area contributed by atoms with Gasteiger partial charge in [0.1, 0.15) is 24.5 Å². The Kier molecular flexibility index (Phi) is 5.71. The third-order valence-corrected chi connectivity index (χ3v) is 4.99. The highest BCUT2D eigenvalue weighted by molar-refractivity contribution is 9.10. The van der Waals surface area contributed by atoms with Gasteiger partial charge in [-0.05, 0) is 47.9 Å². The molecule has 0 fully saturated rings. The molecule has 0 aliphatic carbocycles. The number of rotatable bonds is 6. The molecule has 0 unspecified atom stereocenters. The van der Waals surface area contributed by atoms with Crippen molar-refractivity contribution < 1.29 is 4.74 Å². The Morgan fingerprint density at radius 2 is 1.86 bits per heavy atom. The third kappa shape index (κ3) is 4.71. The van der Waals surface area contributed by atoms with Crippen molar-refractivity contribution in [3.8, 4) is 5.75 Å². The van der Waals surface area contributed by atoms with Gasteiger partial charge in [0.2, 0.25) is 0 Å². The van der Waals surface area contributed by atoms with Crippen LogP contribution in [0.1, 0.15) is 31.0 Å². The summed E-state index contributed by atoms with van der Waals surface area (Å²) < 4.78 is 6.99. The molecule has 4 rings (SSSR count). The number of nitrogens with one attached hydrogen (secondary N) is 1. The SMILES string of the molecule is CC(C)c1ccc2c(Nc3cccc(OCc4cccc(Br)c4)c3)ncnc2n1. The van der Waals surface area contributed by atoms with E-state index in [1.165, 1.54) is 6.33 Å². The molecule has 6 heteroatoms. The number of nitrogens with zero attached hydrogens (tertiary/aromatic N) is 3. The number of ether oxygens (including phenoxy) is 1. The first kappa shape index (κ1) is 19.3. The van der Waals surface area contributed by atoms with Crippen molar-refractivity contribution in [2.75, 3.05) is 5.32 Å². The molecule has 5 nitrogen and oxygen atoms in total. The Hall–Kier alpha value is -2.99. The van der Waals surface area contributed by atoms with Gasteiger partial charge in [-0.1, -0.05) is 48.0 Å². The van der Waals surface area contributed by atoms with E-state index in [-0.39, 0.29) is 0 Å². The fourth-order valence-electron chi connectivity index (χ4n) is 2.97. The first-order valence-electron chi connectivity index (χ1n) is 9.44. The molecule has 2 aromatic heterocycles. The number of fused-ring (bicyclic) bond motifs is 1. The van der Waals surface area contributed by atoms with Crippen LogP contribution in [0.5, 0.6) is 5.75 Å². The first-order valence-corrected chi connectivity index (χ1v) is 10.2. The van der Waals surface area contributed by atoms with Crippen LogP contribution < -0.4 is 10.1 Å². The lowest BCUT2D eigenvalue weighted by Gasteiger charge is -2.12. The van der Waals surface area contributed by atoms with Crippen molar-refractivity contribution in [1.29, 1.82) is 0 Å². The Morgan fingerprint density at radius 1 is 1.00 bits per heavy atom. The summed E-state index contributed by atoms with van der Waals surface area (Å²) in [5, 5.41) is 4.25. The van der Waals surface area contributed by atoms with E-state index in [1.54, 1.807) is 0 Å². The van der Waals surface area contributed by atoms with Gasteiger partial charge in [-0.15, -0.1) is 0 Å². The molecule has 0 spiro atoms. The highest BCUT2D eigenvalue weighted by Gasteiger charge is 2.09. The number of hydrogen-bond acceptors (Lipinski definition) is 5. The quantitative estimate of drug-likeness (QED) is 0.378. The largest absolute Gasteiger partial charge is 0.489 e. The Bertz CT molecular complexity index is 1150.